The second-order valence-corrected chi connectivity index (χ2v) is 8.33. The number of carbonyl (C=O) groups is 2. The van der Waals surface area contributed by atoms with Gasteiger partial charge in [0.25, 0.3) is 5.91 Å². The summed E-state index contributed by atoms with van der Waals surface area (Å²) in [6.07, 6.45) is 4.89. The number of esters is 1. The first-order valence-corrected chi connectivity index (χ1v) is 10.5. The zero-order valence-electron chi connectivity index (χ0n) is 16.3. The van der Waals surface area contributed by atoms with Crippen LogP contribution in [0.3, 0.4) is 0 Å². The zero-order chi connectivity index (χ0) is 19.4. The van der Waals surface area contributed by atoms with E-state index in [0.717, 1.165) is 42.5 Å². The molecule has 5 heteroatoms. The molecule has 0 fully saturated rings. The molecule has 0 bridgehead atoms. The van der Waals surface area contributed by atoms with E-state index >= 15 is 0 Å². The van der Waals surface area contributed by atoms with Crippen molar-refractivity contribution in [2.75, 3.05) is 11.9 Å². The van der Waals surface area contributed by atoms with Crippen molar-refractivity contribution in [3.63, 3.8) is 0 Å². The number of ether oxygens (including phenoxy) is 1. The van der Waals surface area contributed by atoms with Gasteiger partial charge in [-0.1, -0.05) is 39.0 Å². The molecule has 1 N–H and O–H groups in total. The third-order valence-electron chi connectivity index (χ3n) is 5.13. The molecular weight excluding hydrogens is 358 g/mol. The minimum absolute atomic E-state index is 0.265. The van der Waals surface area contributed by atoms with Crippen molar-refractivity contribution >= 4 is 28.9 Å². The lowest BCUT2D eigenvalue weighted by Gasteiger charge is -2.16. The van der Waals surface area contributed by atoms with Gasteiger partial charge in [-0.2, -0.15) is 0 Å². The number of fused-ring (bicyclic) bond motifs is 1. The van der Waals surface area contributed by atoms with E-state index in [2.05, 4.69) is 26.1 Å². The van der Waals surface area contributed by atoms with E-state index in [9.17, 15) is 9.59 Å². The third-order valence-corrected chi connectivity index (χ3v) is 6.35. The summed E-state index contributed by atoms with van der Waals surface area (Å²) in [7, 11) is 0. The van der Waals surface area contributed by atoms with Gasteiger partial charge in [-0.05, 0) is 60.8 Å². The summed E-state index contributed by atoms with van der Waals surface area (Å²) in [5.41, 5.74) is 4.30. The van der Waals surface area contributed by atoms with Crippen molar-refractivity contribution in [1.29, 1.82) is 0 Å². The zero-order valence-corrected chi connectivity index (χ0v) is 17.1. The molecule has 1 aromatic carbocycles. The van der Waals surface area contributed by atoms with Crippen LogP contribution >= 0.6 is 11.3 Å². The fourth-order valence-electron chi connectivity index (χ4n) is 3.59. The van der Waals surface area contributed by atoms with Crippen LogP contribution in [0.4, 0.5) is 5.69 Å². The van der Waals surface area contributed by atoms with Crippen molar-refractivity contribution in [3.05, 3.63) is 50.7 Å². The number of hydrogen-bond acceptors (Lipinski definition) is 4. The normalized spacial score (nSPS) is 15.9. The van der Waals surface area contributed by atoms with Gasteiger partial charge >= 0.3 is 5.97 Å². The summed E-state index contributed by atoms with van der Waals surface area (Å²) in [4.78, 5) is 26.6. The fourth-order valence-corrected chi connectivity index (χ4v) is 4.69. The summed E-state index contributed by atoms with van der Waals surface area (Å²) in [6.45, 7) is 6.09. The summed E-state index contributed by atoms with van der Waals surface area (Å²) < 4.78 is 5.27. The average Bonchev–Trinajstić information content (AvgIpc) is 3.09. The topological polar surface area (TPSA) is 55.4 Å². The van der Waals surface area contributed by atoms with Crippen LogP contribution in [0.5, 0.6) is 0 Å². The standard InChI is InChI=1S/C22H27NO3S/c1-4-15-7-6-8-16(5-2)21(15)23-20(24)13-26-22(25)19-12-17-11-14(3)9-10-18(17)27-19/h6-8,12,14H,4-5,9-11,13H2,1-3H3,(H,23,24)/t14-/m0/s1. The number of carbonyl (C=O) groups excluding carboxylic acids is 2. The van der Waals surface area contributed by atoms with E-state index in [1.165, 1.54) is 28.2 Å². The van der Waals surface area contributed by atoms with Gasteiger partial charge in [-0.3, -0.25) is 4.79 Å². The van der Waals surface area contributed by atoms with Gasteiger partial charge in [0.15, 0.2) is 6.61 Å². The van der Waals surface area contributed by atoms with Crippen LogP contribution in [0.1, 0.15) is 58.4 Å². The minimum Gasteiger partial charge on any atom is -0.451 e. The maximum atomic E-state index is 12.4. The highest BCUT2D eigenvalue weighted by Crippen LogP contribution is 2.32. The number of anilines is 1. The molecule has 0 spiro atoms. The molecule has 1 aromatic heterocycles. The Morgan fingerprint density at radius 3 is 2.59 bits per heavy atom. The smallest absolute Gasteiger partial charge is 0.348 e. The molecule has 144 valence electrons. The van der Waals surface area contributed by atoms with Crippen LogP contribution in [0.15, 0.2) is 24.3 Å². The van der Waals surface area contributed by atoms with E-state index in [4.69, 9.17) is 4.74 Å². The van der Waals surface area contributed by atoms with Crippen molar-refractivity contribution in [2.45, 2.75) is 52.9 Å². The number of thiophene rings is 1. The predicted octanol–water partition coefficient (Wildman–Crippen LogP) is 4.79. The molecule has 1 amide bonds. The van der Waals surface area contributed by atoms with E-state index in [1.54, 1.807) is 0 Å². The largest absolute Gasteiger partial charge is 0.451 e. The maximum Gasteiger partial charge on any atom is 0.348 e. The molecule has 0 aliphatic heterocycles. The summed E-state index contributed by atoms with van der Waals surface area (Å²) >= 11 is 1.51. The molecule has 0 saturated heterocycles. The number of aryl methyl sites for hydroxylation is 3. The SMILES string of the molecule is CCc1cccc(CC)c1NC(=O)COC(=O)c1cc2c(s1)CC[C@H](C)C2. The fraction of sp³-hybridized carbons (Fsp3) is 0.455. The van der Waals surface area contributed by atoms with Crippen LogP contribution in [-0.2, 0) is 35.2 Å². The number of rotatable bonds is 6. The van der Waals surface area contributed by atoms with Gasteiger partial charge in [0.1, 0.15) is 4.88 Å². The Bertz CT molecular complexity index is 818. The van der Waals surface area contributed by atoms with E-state index in [0.29, 0.717) is 10.8 Å². The highest BCUT2D eigenvalue weighted by Gasteiger charge is 2.22. The van der Waals surface area contributed by atoms with Gasteiger partial charge in [0, 0.05) is 10.6 Å². The number of nitrogens with one attached hydrogen (secondary N) is 1. The van der Waals surface area contributed by atoms with Gasteiger partial charge in [0.2, 0.25) is 0 Å². The molecule has 3 rings (SSSR count). The van der Waals surface area contributed by atoms with Crippen LogP contribution in [0, 0.1) is 5.92 Å². The molecule has 2 aromatic rings. The average molecular weight is 386 g/mol. The number of hydrogen-bond donors (Lipinski definition) is 1. The van der Waals surface area contributed by atoms with Crippen molar-refractivity contribution < 1.29 is 14.3 Å². The highest BCUT2D eigenvalue weighted by atomic mass is 32.1. The second kappa shape index (κ2) is 8.70. The molecule has 0 radical (unpaired) electrons. The lowest BCUT2D eigenvalue weighted by atomic mass is 9.90. The summed E-state index contributed by atoms with van der Waals surface area (Å²) in [5, 5.41) is 2.93. The first-order chi connectivity index (χ1) is 13.0. The number of benzene rings is 1. The molecule has 0 unspecified atom stereocenters. The number of para-hydroxylation sites is 1. The summed E-state index contributed by atoms with van der Waals surface area (Å²) in [6, 6.07) is 7.97. The summed E-state index contributed by atoms with van der Waals surface area (Å²) in [5.74, 6) is -0.0428. The Kier molecular flexibility index (Phi) is 6.32. The molecule has 1 atom stereocenters. The molecule has 1 heterocycles. The van der Waals surface area contributed by atoms with Crippen molar-refractivity contribution in [1.82, 2.24) is 0 Å². The van der Waals surface area contributed by atoms with Crippen LogP contribution < -0.4 is 5.32 Å². The van der Waals surface area contributed by atoms with Crippen LogP contribution in [0.2, 0.25) is 0 Å². The Labute approximate surface area is 164 Å². The predicted molar refractivity (Wildman–Crippen MR) is 110 cm³/mol. The maximum absolute atomic E-state index is 12.4. The molecule has 1 aliphatic rings. The Morgan fingerprint density at radius 1 is 1.22 bits per heavy atom. The van der Waals surface area contributed by atoms with Crippen molar-refractivity contribution in [2.24, 2.45) is 5.92 Å². The first kappa shape index (κ1) is 19.6. The first-order valence-electron chi connectivity index (χ1n) is 9.71. The highest BCUT2D eigenvalue weighted by molar-refractivity contribution is 7.14. The Hall–Kier alpha value is -2.14. The molecule has 0 saturated carbocycles. The molecular formula is C22H27NO3S. The monoisotopic (exact) mass is 385 g/mol. The van der Waals surface area contributed by atoms with Gasteiger partial charge in [-0.15, -0.1) is 11.3 Å². The third kappa shape index (κ3) is 4.59. The minimum atomic E-state index is -0.406. The molecule has 1 aliphatic carbocycles. The second-order valence-electron chi connectivity index (χ2n) is 7.19. The van der Waals surface area contributed by atoms with Gasteiger partial charge in [-0.25, -0.2) is 4.79 Å². The van der Waals surface area contributed by atoms with E-state index in [1.807, 2.05) is 24.3 Å². The quantitative estimate of drug-likeness (QED) is 0.727. The van der Waals surface area contributed by atoms with Crippen molar-refractivity contribution in [3.8, 4) is 0 Å². The van der Waals surface area contributed by atoms with E-state index < -0.39 is 5.97 Å². The van der Waals surface area contributed by atoms with Crippen LogP contribution in [-0.4, -0.2) is 18.5 Å². The van der Waals surface area contributed by atoms with Crippen LogP contribution in [0.25, 0.3) is 0 Å². The number of amides is 1. The Morgan fingerprint density at radius 2 is 1.93 bits per heavy atom. The van der Waals surface area contributed by atoms with E-state index in [-0.39, 0.29) is 12.5 Å². The van der Waals surface area contributed by atoms with Gasteiger partial charge < -0.3 is 10.1 Å². The lowest BCUT2D eigenvalue weighted by molar-refractivity contribution is -0.119. The van der Waals surface area contributed by atoms with Gasteiger partial charge in [0.05, 0.1) is 0 Å². The molecule has 4 nitrogen and oxygen atoms in total. The lowest BCUT2D eigenvalue weighted by Crippen LogP contribution is -2.22. The Balaban J connectivity index is 1.61. The molecule has 27 heavy (non-hydrogen) atoms.